The second kappa shape index (κ2) is 8.20. The molecule has 2 N–H and O–H groups in total. The molecule has 0 spiro atoms. The number of benzene rings is 3. The maximum atomic E-state index is 12.6. The van der Waals surface area contributed by atoms with Crippen molar-refractivity contribution in [1.82, 2.24) is 0 Å². The van der Waals surface area contributed by atoms with E-state index in [2.05, 4.69) is 21.2 Å². The predicted octanol–water partition coefficient (Wildman–Crippen LogP) is 5.48. The Morgan fingerprint density at radius 2 is 1.71 bits per heavy atom. The largest absolute Gasteiger partial charge is 0.478 e. The Morgan fingerprint density at radius 1 is 0.968 bits per heavy atom. The zero-order valence-electron chi connectivity index (χ0n) is 16.3. The van der Waals surface area contributed by atoms with Crippen LogP contribution in [0.25, 0.3) is 22.3 Å². The van der Waals surface area contributed by atoms with Gasteiger partial charge >= 0.3 is 5.97 Å². The number of rotatable bonds is 4. The highest BCUT2D eigenvalue weighted by atomic mass is 79.9. The van der Waals surface area contributed by atoms with Crippen LogP contribution in [0, 0.1) is 6.92 Å². The van der Waals surface area contributed by atoms with Crippen molar-refractivity contribution in [2.75, 3.05) is 5.32 Å². The van der Waals surface area contributed by atoms with Gasteiger partial charge < -0.3 is 14.8 Å². The van der Waals surface area contributed by atoms with Gasteiger partial charge in [0.2, 0.25) is 0 Å². The minimum absolute atomic E-state index is 0.0208. The van der Waals surface area contributed by atoms with Crippen LogP contribution < -0.4 is 10.7 Å². The highest BCUT2D eigenvalue weighted by Gasteiger charge is 2.15. The third kappa shape index (κ3) is 4.27. The van der Waals surface area contributed by atoms with Crippen LogP contribution in [-0.4, -0.2) is 17.0 Å². The molecule has 0 saturated carbocycles. The van der Waals surface area contributed by atoms with Crippen molar-refractivity contribution in [2.24, 2.45) is 0 Å². The Balaban J connectivity index is 1.61. The van der Waals surface area contributed by atoms with E-state index in [-0.39, 0.29) is 16.7 Å². The van der Waals surface area contributed by atoms with Crippen LogP contribution in [0.3, 0.4) is 0 Å². The van der Waals surface area contributed by atoms with Crippen molar-refractivity contribution in [2.45, 2.75) is 6.92 Å². The molecule has 1 amide bonds. The van der Waals surface area contributed by atoms with Gasteiger partial charge in [0.15, 0.2) is 5.43 Å². The molecule has 1 heterocycles. The van der Waals surface area contributed by atoms with Gasteiger partial charge in [0.05, 0.1) is 16.6 Å². The lowest BCUT2D eigenvalue weighted by Crippen LogP contribution is -2.14. The third-order valence-electron chi connectivity index (χ3n) is 4.77. The average molecular weight is 478 g/mol. The molecule has 0 saturated heterocycles. The fourth-order valence-corrected chi connectivity index (χ4v) is 3.56. The van der Waals surface area contributed by atoms with E-state index >= 15 is 0 Å². The van der Waals surface area contributed by atoms with Gasteiger partial charge in [0.25, 0.3) is 5.91 Å². The van der Waals surface area contributed by atoms with Crippen LogP contribution in [0.5, 0.6) is 0 Å². The quantitative estimate of drug-likeness (QED) is 0.405. The van der Waals surface area contributed by atoms with E-state index in [9.17, 15) is 19.5 Å². The number of aromatic carboxylic acids is 1. The van der Waals surface area contributed by atoms with Crippen molar-refractivity contribution in [3.8, 4) is 11.3 Å². The molecule has 4 aromatic rings. The molecule has 0 atom stereocenters. The van der Waals surface area contributed by atoms with Crippen LogP contribution in [0.15, 0.2) is 80.4 Å². The Bertz CT molecular complexity index is 1390. The smallest absolute Gasteiger partial charge is 0.337 e. The lowest BCUT2D eigenvalue weighted by atomic mass is 10.1. The fraction of sp³-hybridized carbons (Fsp3) is 0.0417. The van der Waals surface area contributed by atoms with Gasteiger partial charge in [-0.2, -0.15) is 0 Å². The van der Waals surface area contributed by atoms with Gasteiger partial charge in [-0.05, 0) is 49.4 Å². The standard InChI is InChI=1S/C24H16BrNO5/c1-13-2-9-21-18(10-13)20(27)12-22(31-21)14-3-5-15(6-4-14)23(28)26-19-8-7-16(25)11-17(19)24(29)30/h2-12H,1H3,(H,26,28)(H,29,30). The number of carbonyl (C=O) groups excluding carboxylic acids is 1. The zero-order chi connectivity index (χ0) is 22.1. The second-order valence-electron chi connectivity index (χ2n) is 7.00. The minimum atomic E-state index is -1.14. The molecular formula is C24H16BrNO5. The summed E-state index contributed by atoms with van der Waals surface area (Å²) in [5, 5.41) is 12.5. The highest BCUT2D eigenvalue weighted by Crippen LogP contribution is 2.25. The first-order valence-electron chi connectivity index (χ1n) is 9.31. The minimum Gasteiger partial charge on any atom is -0.478 e. The Hall–Kier alpha value is -3.71. The maximum absolute atomic E-state index is 12.6. The summed E-state index contributed by atoms with van der Waals surface area (Å²) >= 11 is 3.22. The van der Waals surface area contributed by atoms with Crippen molar-refractivity contribution < 1.29 is 19.1 Å². The number of halogens is 1. The number of carboxylic acids is 1. The number of aryl methyl sites for hydroxylation is 1. The van der Waals surface area contributed by atoms with Gasteiger partial charge in [-0.3, -0.25) is 9.59 Å². The lowest BCUT2D eigenvalue weighted by Gasteiger charge is -2.10. The number of amides is 1. The molecule has 0 aliphatic heterocycles. The number of carbonyl (C=O) groups is 2. The van der Waals surface area contributed by atoms with Crippen molar-refractivity contribution in [1.29, 1.82) is 0 Å². The van der Waals surface area contributed by atoms with E-state index in [1.54, 1.807) is 42.5 Å². The number of hydrogen-bond acceptors (Lipinski definition) is 4. The summed E-state index contributed by atoms with van der Waals surface area (Å²) in [4.78, 5) is 36.5. The molecule has 0 radical (unpaired) electrons. The van der Waals surface area contributed by atoms with Crippen LogP contribution >= 0.6 is 15.9 Å². The van der Waals surface area contributed by atoms with Crippen molar-refractivity contribution >= 4 is 44.5 Å². The Morgan fingerprint density at radius 3 is 2.42 bits per heavy atom. The maximum Gasteiger partial charge on any atom is 0.337 e. The molecule has 0 bridgehead atoms. The van der Waals surface area contributed by atoms with E-state index in [4.69, 9.17) is 4.42 Å². The van der Waals surface area contributed by atoms with Crippen molar-refractivity contribution in [3.63, 3.8) is 0 Å². The summed E-state index contributed by atoms with van der Waals surface area (Å²) in [6, 6.07) is 18.0. The van der Waals surface area contributed by atoms with Gasteiger partial charge in [0.1, 0.15) is 11.3 Å². The molecule has 6 nitrogen and oxygen atoms in total. The third-order valence-corrected chi connectivity index (χ3v) is 5.27. The van der Waals surface area contributed by atoms with Crippen LogP contribution in [-0.2, 0) is 0 Å². The summed E-state index contributed by atoms with van der Waals surface area (Å²) in [7, 11) is 0. The molecule has 31 heavy (non-hydrogen) atoms. The van der Waals surface area contributed by atoms with Crippen LogP contribution in [0.1, 0.15) is 26.3 Å². The number of carboxylic acid groups (broad SMARTS) is 1. The van der Waals surface area contributed by atoms with E-state index in [0.717, 1.165) is 5.56 Å². The number of anilines is 1. The van der Waals surface area contributed by atoms with Gasteiger partial charge in [-0.25, -0.2) is 4.79 Å². The SMILES string of the molecule is Cc1ccc2oc(-c3ccc(C(=O)Nc4ccc(Br)cc4C(=O)O)cc3)cc(=O)c2c1. The molecule has 0 fully saturated rings. The van der Waals surface area contributed by atoms with Crippen LogP contribution in [0.4, 0.5) is 5.69 Å². The van der Waals surface area contributed by atoms with Gasteiger partial charge in [0, 0.05) is 21.7 Å². The Kier molecular flexibility index (Phi) is 5.44. The van der Waals surface area contributed by atoms with E-state index in [1.165, 1.54) is 18.2 Å². The average Bonchev–Trinajstić information content (AvgIpc) is 2.75. The molecule has 0 aliphatic carbocycles. The Labute approximate surface area is 185 Å². The number of fused-ring (bicyclic) bond motifs is 1. The normalized spacial score (nSPS) is 10.8. The van der Waals surface area contributed by atoms with Crippen LogP contribution in [0.2, 0.25) is 0 Å². The number of nitrogens with one attached hydrogen (secondary N) is 1. The first kappa shape index (κ1) is 20.6. The molecular weight excluding hydrogens is 462 g/mol. The summed E-state index contributed by atoms with van der Waals surface area (Å²) in [5.41, 5.74) is 2.48. The first-order valence-corrected chi connectivity index (χ1v) is 10.1. The molecule has 0 unspecified atom stereocenters. The monoisotopic (exact) mass is 477 g/mol. The topological polar surface area (TPSA) is 96.6 Å². The zero-order valence-corrected chi connectivity index (χ0v) is 17.9. The van der Waals surface area contributed by atoms with Gasteiger partial charge in [-0.15, -0.1) is 0 Å². The van der Waals surface area contributed by atoms with Crippen molar-refractivity contribution in [3.05, 3.63) is 98.1 Å². The van der Waals surface area contributed by atoms with E-state index in [0.29, 0.717) is 32.3 Å². The summed E-state index contributed by atoms with van der Waals surface area (Å²) < 4.78 is 6.46. The molecule has 154 valence electrons. The second-order valence-corrected chi connectivity index (χ2v) is 7.92. The molecule has 0 aliphatic rings. The molecule has 1 aromatic heterocycles. The fourth-order valence-electron chi connectivity index (χ4n) is 3.20. The highest BCUT2D eigenvalue weighted by molar-refractivity contribution is 9.10. The van der Waals surface area contributed by atoms with E-state index in [1.807, 2.05) is 13.0 Å². The summed E-state index contributed by atoms with van der Waals surface area (Å²) in [6.07, 6.45) is 0. The molecule has 3 aromatic carbocycles. The first-order chi connectivity index (χ1) is 14.8. The molecule has 7 heteroatoms. The van der Waals surface area contributed by atoms with Gasteiger partial charge in [-0.1, -0.05) is 39.7 Å². The molecule has 4 rings (SSSR count). The summed E-state index contributed by atoms with van der Waals surface area (Å²) in [5.74, 6) is -1.20. The lowest BCUT2D eigenvalue weighted by molar-refractivity contribution is 0.0698. The van der Waals surface area contributed by atoms with E-state index < -0.39 is 11.9 Å². The summed E-state index contributed by atoms with van der Waals surface area (Å²) in [6.45, 7) is 1.91. The number of hydrogen-bond donors (Lipinski definition) is 2. The predicted molar refractivity (Wildman–Crippen MR) is 122 cm³/mol.